The molecule has 0 saturated carbocycles. The number of aromatic nitrogens is 1. The van der Waals surface area contributed by atoms with Crippen LogP contribution in [0.5, 0.6) is 5.75 Å². The lowest BCUT2D eigenvalue weighted by Crippen LogP contribution is -2.17. The van der Waals surface area contributed by atoms with Crippen molar-refractivity contribution in [3.63, 3.8) is 0 Å². The van der Waals surface area contributed by atoms with E-state index < -0.39 is 12.3 Å². The summed E-state index contributed by atoms with van der Waals surface area (Å²) in [6.07, 6.45) is -3.20. The van der Waals surface area contributed by atoms with E-state index in [0.29, 0.717) is 23.5 Å². The maximum absolute atomic E-state index is 12.6. The van der Waals surface area contributed by atoms with Gasteiger partial charge >= 0.3 is 6.36 Å². The van der Waals surface area contributed by atoms with Gasteiger partial charge in [0.15, 0.2) is 0 Å². The Bertz CT molecular complexity index is 1030. The van der Waals surface area contributed by atoms with Gasteiger partial charge in [0.25, 0.3) is 5.91 Å². The lowest BCUT2D eigenvalue weighted by Gasteiger charge is -2.13. The third kappa shape index (κ3) is 5.86. The molecule has 0 bridgehead atoms. The molecule has 0 unspecified atom stereocenters. The zero-order chi connectivity index (χ0) is 20.9. The molecule has 0 atom stereocenters. The Morgan fingerprint density at radius 2 is 1.72 bits per heavy atom. The van der Waals surface area contributed by atoms with Crippen molar-refractivity contribution in [2.24, 2.45) is 0 Å². The van der Waals surface area contributed by atoms with E-state index in [1.807, 2.05) is 0 Å². The number of H-pyrrole nitrogens is 1. The molecule has 3 aromatic rings. The van der Waals surface area contributed by atoms with Crippen LogP contribution in [-0.2, 0) is 6.54 Å². The van der Waals surface area contributed by atoms with Gasteiger partial charge in [-0.25, -0.2) is 0 Å². The SMILES string of the molecule is O=C(Nc1ccc(OC(F)(F)F)cc1)c1ccccc1NCc1ccc(=O)[nH]c1. The summed E-state index contributed by atoms with van der Waals surface area (Å²) in [5.74, 6) is -0.808. The molecule has 0 saturated heterocycles. The highest BCUT2D eigenvalue weighted by Gasteiger charge is 2.30. The molecule has 9 heteroatoms. The molecule has 0 spiro atoms. The van der Waals surface area contributed by atoms with E-state index in [0.717, 1.165) is 17.7 Å². The lowest BCUT2D eigenvalue weighted by atomic mass is 10.1. The van der Waals surface area contributed by atoms with Gasteiger partial charge in [0.1, 0.15) is 5.75 Å². The van der Waals surface area contributed by atoms with Crippen molar-refractivity contribution >= 4 is 17.3 Å². The molecule has 0 aliphatic heterocycles. The molecule has 1 amide bonds. The number of halogens is 3. The summed E-state index contributed by atoms with van der Waals surface area (Å²) >= 11 is 0. The molecule has 1 heterocycles. The number of alkyl halides is 3. The van der Waals surface area contributed by atoms with Crippen LogP contribution in [0.3, 0.4) is 0 Å². The molecule has 29 heavy (non-hydrogen) atoms. The number of anilines is 2. The molecule has 3 rings (SSSR count). The Morgan fingerprint density at radius 1 is 1.00 bits per heavy atom. The Kier molecular flexibility index (Phi) is 5.87. The maximum atomic E-state index is 12.6. The summed E-state index contributed by atoms with van der Waals surface area (Å²) < 4.78 is 40.5. The average Bonchev–Trinajstić information content (AvgIpc) is 2.68. The smallest absolute Gasteiger partial charge is 0.406 e. The monoisotopic (exact) mass is 403 g/mol. The topological polar surface area (TPSA) is 83.2 Å². The van der Waals surface area contributed by atoms with Crippen molar-refractivity contribution < 1.29 is 22.7 Å². The number of nitrogens with one attached hydrogen (secondary N) is 3. The Labute approximate surface area is 163 Å². The van der Waals surface area contributed by atoms with Crippen molar-refractivity contribution in [1.29, 1.82) is 0 Å². The Morgan fingerprint density at radius 3 is 2.38 bits per heavy atom. The van der Waals surface area contributed by atoms with E-state index in [9.17, 15) is 22.8 Å². The number of hydrogen-bond acceptors (Lipinski definition) is 4. The molecule has 0 aliphatic rings. The van der Waals surface area contributed by atoms with Crippen molar-refractivity contribution in [3.8, 4) is 5.75 Å². The number of hydrogen-bond donors (Lipinski definition) is 3. The zero-order valence-corrected chi connectivity index (χ0v) is 14.9. The summed E-state index contributed by atoms with van der Waals surface area (Å²) in [7, 11) is 0. The summed E-state index contributed by atoms with van der Waals surface area (Å²) in [6.45, 7) is 0.380. The third-order valence-electron chi connectivity index (χ3n) is 3.85. The van der Waals surface area contributed by atoms with E-state index in [1.54, 1.807) is 36.5 Å². The number of carbonyl (C=O) groups is 1. The highest BCUT2D eigenvalue weighted by atomic mass is 19.4. The first-order valence-corrected chi connectivity index (χ1v) is 8.48. The minimum Gasteiger partial charge on any atom is -0.406 e. The largest absolute Gasteiger partial charge is 0.573 e. The first-order chi connectivity index (χ1) is 13.8. The molecule has 3 N–H and O–H groups in total. The second kappa shape index (κ2) is 8.51. The van der Waals surface area contributed by atoms with Crippen molar-refractivity contribution in [1.82, 2.24) is 4.98 Å². The highest BCUT2D eigenvalue weighted by molar-refractivity contribution is 6.08. The highest BCUT2D eigenvalue weighted by Crippen LogP contribution is 2.24. The maximum Gasteiger partial charge on any atom is 0.573 e. The predicted octanol–water partition coefficient (Wildman–Crippen LogP) is 4.14. The van der Waals surface area contributed by atoms with Crippen LogP contribution in [0.2, 0.25) is 0 Å². The van der Waals surface area contributed by atoms with Gasteiger partial charge in [0.2, 0.25) is 5.56 Å². The molecular formula is C20H16F3N3O3. The van der Waals surface area contributed by atoms with Gasteiger partial charge in [0.05, 0.1) is 5.56 Å². The van der Waals surface area contributed by atoms with Crippen LogP contribution in [-0.4, -0.2) is 17.3 Å². The number of aromatic amines is 1. The van der Waals surface area contributed by atoms with E-state index in [-0.39, 0.29) is 11.3 Å². The molecule has 0 radical (unpaired) electrons. The van der Waals surface area contributed by atoms with Crippen LogP contribution in [0.4, 0.5) is 24.5 Å². The van der Waals surface area contributed by atoms with E-state index in [2.05, 4.69) is 20.4 Å². The van der Waals surface area contributed by atoms with Gasteiger partial charge in [0, 0.05) is 30.2 Å². The number of amides is 1. The van der Waals surface area contributed by atoms with Gasteiger partial charge in [-0.2, -0.15) is 0 Å². The molecule has 150 valence electrons. The second-order valence-corrected chi connectivity index (χ2v) is 5.99. The number of para-hydroxylation sites is 1. The van der Waals surface area contributed by atoms with Gasteiger partial charge in [-0.05, 0) is 42.0 Å². The molecule has 0 aliphatic carbocycles. The van der Waals surface area contributed by atoms with E-state index in [4.69, 9.17) is 0 Å². The first kappa shape index (κ1) is 20.0. The second-order valence-electron chi connectivity index (χ2n) is 5.99. The van der Waals surface area contributed by atoms with Gasteiger partial charge < -0.3 is 20.4 Å². The molecule has 1 aromatic heterocycles. The van der Waals surface area contributed by atoms with E-state index in [1.165, 1.54) is 18.2 Å². The van der Waals surface area contributed by atoms with Crippen molar-refractivity contribution in [2.45, 2.75) is 12.9 Å². The summed E-state index contributed by atoms with van der Waals surface area (Å²) in [6, 6.07) is 14.7. The molecular weight excluding hydrogens is 387 g/mol. The average molecular weight is 403 g/mol. The van der Waals surface area contributed by atoms with Crippen molar-refractivity contribution in [2.75, 3.05) is 10.6 Å². The normalized spacial score (nSPS) is 11.0. The zero-order valence-electron chi connectivity index (χ0n) is 14.9. The predicted molar refractivity (Wildman–Crippen MR) is 102 cm³/mol. The van der Waals surface area contributed by atoms with Crippen LogP contribution < -0.4 is 20.9 Å². The van der Waals surface area contributed by atoms with Crippen LogP contribution in [0.15, 0.2) is 71.7 Å². The summed E-state index contributed by atoms with van der Waals surface area (Å²) in [5, 5.41) is 5.75. The number of benzene rings is 2. The van der Waals surface area contributed by atoms with Gasteiger partial charge in [-0.1, -0.05) is 18.2 Å². The minimum atomic E-state index is -4.78. The fraction of sp³-hybridized carbons (Fsp3) is 0.100. The number of carbonyl (C=O) groups excluding carboxylic acids is 1. The fourth-order valence-corrected chi connectivity index (χ4v) is 2.52. The molecule has 2 aromatic carbocycles. The summed E-state index contributed by atoms with van der Waals surface area (Å²) in [4.78, 5) is 26.3. The van der Waals surface area contributed by atoms with Crippen molar-refractivity contribution in [3.05, 3.63) is 88.3 Å². The van der Waals surface area contributed by atoms with Crippen LogP contribution in [0.1, 0.15) is 15.9 Å². The Balaban J connectivity index is 1.68. The lowest BCUT2D eigenvalue weighted by molar-refractivity contribution is -0.274. The number of ether oxygens (including phenoxy) is 1. The fourth-order valence-electron chi connectivity index (χ4n) is 2.52. The van der Waals surface area contributed by atoms with Crippen LogP contribution >= 0.6 is 0 Å². The summed E-state index contributed by atoms with van der Waals surface area (Å²) in [5.41, 5.74) is 1.85. The van der Waals surface area contributed by atoms with Gasteiger partial charge in [-0.15, -0.1) is 13.2 Å². The van der Waals surface area contributed by atoms with Crippen LogP contribution in [0.25, 0.3) is 0 Å². The van der Waals surface area contributed by atoms with E-state index >= 15 is 0 Å². The molecule has 0 fully saturated rings. The first-order valence-electron chi connectivity index (χ1n) is 8.48. The Hall–Kier alpha value is -3.75. The standard InChI is InChI=1S/C20H16F3N3O3/c21-20(22,23)29-15-8-6-14(7-9-15)26-19(28)16-3-1-2-4-17(16)24-11-13-5-10-18(27)25-12-13/h1-10,12,24H,11H2,(H,25,27)(H,26,28). The number of rotatable bonds is 6. The molecule has 6 nitrogen and oxygen atoms in total. The van der Waals surface area contributed by atoms with Crippen LogP contribution in [0, 0.1) is 0 Å². The number of pyridine rings is 1. The minimum absolute atomic E-state index is 0.208. The quantitative estimate of drug-likeness (QED) is 0.578. The van der Waals surface area contributed by atoms with Gasteiger partial charge in [-0.3, -0.25) is 9.59 Å². The third-order valence-corrected chi connectivity index (χ3v) is 3.85.